The van der Waals surface area contributed by atoms with E-state index in [0.29, 0.717) is 0 Å². The Kier molecular flexibility index (Phi) is 8.21. The molecule has 5 nitrogen and oxygen atoms in total. The predicted molar refractivity (Wildman–Crippen MR) is 45.6 cm³/mol. The fourth-order valence-corrected chi connectivity index (χ4v) is 0.671. The van der Waals surface area contributed by atoms with Gasteiger partial charge >= 0.3 is 6.72 Å². The van der Waals surface area contributed by atoms with E-state index in [-0.39, 0.29) is 0 Å². The summed E-state index contributed by atoms with van der Waals surface area (Å²) in [5.41, 5.74) is 5.01. The van der Waals surface area contributed by atoms with Crippen molar-refractivity contribution in [1.29, 1.82) is 0 Å². The van der Waals surface area contributed by atoms with Crippen molar-refractivity contribution in [1.82, 2.24) is 0 Å². The van der Waals surface area contributed by atoms with Crippen LogP contribution in [-0.4, -0.2) is 24.4 Å². The zero-order valence-electron chi connectivity index (χ0n) is 6.60. The fourth-order valence-electron chi connectivity index (χ4n) is 0.0745. The first kappa shape index (κ1) is 13.6. The Bertz CT molecular complexity index is 150. The Hall–Kier alpha value is -0.0300. The van der Waals surface area contributed by atoms with E-state index in [2.05, 4.69) is 4.52 Å². The minimum atomic E-state index is -2.74. The number of carbonyl (C=O) groups is 1. The van der Waals surface area contributed by atoms with E-state index < -0.39 is 12.7 Å². The third-order valence-electron chi connectivity index (χ3n) is 0.509. The SMILES string of the molecule is CC(=O)O.COP(N)(=O)SC. The molecule has 0 radical (unpaired) electrons. The zero-order valence-corrected chi connectivity index (χ0v) is 8.32. The summed E-state index contributed by atoms with van der Waals surface area (Å²) in [5, 5.41) is 7.42. The van der Waals surface area contributed by atoms with Gasteiger partial charge in [-0.15, -0.1) is 0 Å². The van der Waals surface area contributed by atoms with Gasteiger partial charge in [0, 0.05) is 14.0 Å². The highest BCUT2D eigenvalue weighted by Gasteiger charge is 2.09. The smallest absolute Gasteiger partial charge is 0.323 e. The molecule has 0 heterocycles. The zero-order chi connectivity index (χ0) is 9.49. The van der Waals surface area contributed by atoms with Crippen LogP contribution < -0.4 is 5.50 Å². The Balaban J connectivity index is 0. The first-order chi connectivity index (χ1) is 4.85. The summed E-state index contributed by atoms with van der Waals surface area (Å²) < 4.78 is 14.9. The van der Waals surface area contributed by atoms with Gasteiger partial charge in [0.05, 0.1) is 0 Å². The van der Waals surface area contributed by atoms with Gasteiger partial charge < -0.3 is 9.63 Å². The largest absolute Gasteiger partial charge is 0.481 e. The van der Waals surface area contributed by atoms with E-state index in [1.54, 1.807) is 6.26 Å². The third kappa shape index (κ3) is 17.8. The van der Waals surface area contributed by atoms with Crippen LogP contribution in [0.2, 0.25) is 0 Å². The summed E-state index contributed by atoms with van der Waals surface area (Å²) in [6.07, 6.45) is 1.64. The van der Waals surface area contributed by atoms with Gasteiger partial charge in [0.2, 0.25) is 0 Å². The van der Waals surface area contributed by atoms with Gasteiger partial charge in [0.1, 0.15) is 0 Å². The van der Waals surface area contributed by atoms with E-state index in [0.717, 1.165) is 18.3 Å². The van der Waals surface area contributed by atoms with E-state index in [9.17, 15) is 4.57 Å². The molecule has 0 aromatic rings. The van der Waals surface area contributed by atoms with Crippen molar-refractivity contribution < 1.29 is 19.0 Å². The van der Waals surface area contributed by atoms with Crippen LogP contribution in [0.25, 0.3) is 0 Å². The second kappa shape index (κ2) is 6.67. The first-order valence-corrected chi connectivity index (χ1v) is 6.07. The average molecular weight is 201 g/mol. The minimum Gasteiger partial charge on any atom is -0.481 e. The number of hydrogen-bond acceptors (Lipinski definition) is 4. The molecule has 0 saturated carbocycles. The molecule has 0 saturated heterocycles. The Morgan fingerprint density at radius 1 is 1.73 bits per heavy atom. The van der Waals surface area contributed by atoms with Crippen LogP contribution in [0.5, 0.6) is 0 Å². The van der Waals surface area contributed by atoms with Crippen molar-refractivity contribution >= 4 is 24.1 Å². The normalized spacial score (nSPS) is 14.2. The number of rotatable bonds is 2. The second-order valence-electron chi connectivity index (χ2n) is 1.42. The van der Waals surface area contributed by atoms with Gasteiger partial charge in [-0.05, 0) is 6.26 Å². The van der Waals surface area contributed by atoms with Crippen molar-refractivity contribution in [2.45, 2.75) is 6.92 Å². The van der Waals surface area contributed by atoms with E-state index in [1.807, 2.05) is 0 Å². The van der Waals surface area contributed by atoms with Crippen molar-refractivity contribution in [2.24, 2.45) is 5.50 Å². The molecule has 0 rings (SSSR count). The molecule has 0 aromatic heterocycles. The summed E-state index contributed by atoms with van der Waals surface area (Å²) in [7, 11) is 1.33. The maximum absolute atomic E-state index is 10.5. The molecule has 11 heavy (non-hydrogen) atoms. The lowest BCUT2D eigenvalue weighted by Gasteiger charge is -2.02. The topological polar surface area (TPSA) is 89.6 Å². The number of nitrogens with two attached hydrogens (primary N) is 1. The quantitative estimate of drug-likeness (QED) is 0.651. The average Bonchev–Trinajstić information content (AvgIpc) is 1.87. The minimum absolute atomic E-state index is 0.833. The van der Waals surface area contributed by atoms with Crippen LogP contribution in [-0.2, 0) is 13.9 Å². The molecule has 3 N–H and O–H groups in total. The highest BCUT2D eigenvalue weighted by Crippen LogP contribution is 2.48. The molecular weight excluding hydrogens is 189 g/mol. The Morgan fingerprint density at radius 3 is 2.00 bits per heavy atom. The summed E-state index contributed by atoms with van der Waals surface area (Å²) in [6.45, 7) is -1.65. The van der Waals surface area contributed by atoms with Crippen molar-refractivity contribution in [2.75, 3.05) is 13.4 Å². The van der Waals surface area contributed by atoms with Gasteiger partial charge in [0.15, 0.2) is 0 Å². The lowest BCUT2D eigenvalue weighted by atomic mass is 10.9. The lowest BCUT2D eigenvalue weighted by Crippen LogP contribution is -1.89. The van der Waals surface area contributed by atoms with Gasteiger partial charge in [-0.1, -0.05) is 11.4 Å². The van der Waals surface area contributed by atoms with Crippen molar-refractivity contribution in [3.63, 3.8) is 0 Å². The number of carboxylic acids is 1. The first-order valence-electron chi connectivity index (χ1n) is 2.55. The maximum atomic E-state index is 10.5. The lowest BCUT2D eigenvalue weighted by molar-refractivity contribution is -0.134. The van der Waals surface area contributed by atoms with E-state index >= 15 is 0 Å². The molecule has 7 heteroatoms. The number of hydrogen-bond donors (Lipinski definition) is 2. The summed E-state index contributed by atoms with van der Waals surface area (Å²) in [6, 6.07) is 0. The Labute approximate surface area is 69.6 Å². The van der Waals surface area contributed by atoms with Crippen LogP contribution in [0, 0.1) is 0 Å². The highest BCUT2D eigenvalue weighted by atomic mass is 32.7. The third-order valence-corrected chi connectivity index (χ3v) is 3.50. The van der Waals surface area contributed by atoms with Crippen LogP contribution in [0.1, 0.15) is 6.92 Å². The molecule has 1 atom stereocenters. The van der Waals surface area contributed by atoms with Gasteiger partial charge in [-0.2, -0.15) is 0 Å². The molecular formula is C4H12NO4PS. The van der Waals surface area contributed by atoms with Gasteiger partial charge in [-0.3, -0.25) is 14.9 Å². The number of carboxylic acid groups (broad SMARTS) is 1. The second-order valence-corrected chi connectivity index (χ2v) is 5.86. The highest BCUT2D eigenvalue weighted by molar-refractivity contribution is 8.55. The molecule has 0 amide bonds. The van der Waals surface area contributed by atoms with Crippen LogP contribution >= 0.6 is 18.1 Å². The maximum Gasteiger partial charge on any atom is 0.323 e. The molecule has 0 aliphatic carbocycles. The van der Waals surface area contributed by atoms with Crippen LogP contribution in [0.3, 0.4) is 0 Å². The van der Waals surface area contributed by atoms with Crippen molar-refractivity contribution in [3.8, 4) is 0 Å². The fraction of sp³-hybridized carbons (Fsp3) is 0.750. The summed E-state index contributed by atoms with van der Waals surface area (Å²) in [5.74, 6) is -0.833. The van der Waals surface area contributed by atoms with Crippen molar-refractivity contribution in [3.05, 3.63) is 0 Å². The molecule has 0 aliphatic heterocycles. The molecule has 0 fully saturated rings. The monoisotopic (exact) mass is 201 g/mol. The number of aliphatic carboxylic acids is 1. The van der Waals surface area contributed by atoms with E-state index in [1.165, 1.54) is 7.11 Å². The van der Waals surface area contributed by atoms with E-state index in [4.69, 9.17) is 15.4 Å². The molecule has 0 bridgehead atoms. The molecule has 68 valence electrons. The van der Waals surface area contributed by atoms with Gasteiger partial charge in [-0.25, -0.2) is 0 Å². The predicted octanol–water partition coefficient (Wildman–Crippen LogP) is 1.15. The molecule has 1 unspecified atom stereocenters. The summed E-state index contributed by atoms with van der Waals surface area (Å²) in [4.78, 5) is 9.00. The Morgan fingerprint density at radius 2 is 2.00 bits per heavy atom. The standard InChI is InChI=1S/C2H8NO2PS.C2H4O2/c1-5-6(3,4)7-2;1-2(3)4/h1-2H3,(H2,3,4);1H3,(H,3,4). The molecule has 0 aliphatic rings. The summed E-state index contributed by atoms with van der Waals surface area (Å²) >= 11 is 1.04. The molecule has 0 spiro atoms. The molecule has 0 aromatic carbocycles. The van der Waals surface area contributed by atoms with Gasteiger partial charge in [0.25, 0.3) is 5.97 Å². The van der Waals surface area contributed by atoms with Crippen LogP contribution in [0.15, 0.2) is 0 Å². The van der Waals surface area contributed by atoms with Crippen LogP contribution in [0.4, 0.5) is 0 Å².